The summed E-state index contributed by atoms with van der Waals surface area (Å²) in [4.78, 5) is 12.0. The average molecular weight is 337 g/mol. The number of hydrogen-bond donors (Lipinski definition) is 1. The first-order chi connectivity index (χ1) is 12.2. The first-order valence-electron chi connectivity index (χ1n) is 7.93. The van der Waals surface area contributed by atoms with Gasteiger partial charge in [0, 0.05) is 6.42 Å². The largest absolute Gasteiger partial charge is 0.497 e. The van der Waals surface area contributed by atoms with Crippen molar-refractivity contribution >= 4 is 22.7 Å². The normalized spacial score (nSPS) is 11.5. The summed E-state index contributed by atoms with van der Waals surface area (Å²) in [5.41, 5.74) is 5.95. The number of aryl methyl sites for hydroxylation is 1. The van der Waals surface area contributed by atoms with Crippen LogP contribution in [0.3, 0.4) is 0 Å². The number of aromatic nitrogens is 3. The number of para-hydroxylation sites is 1. The SMILES string of the molecule is COc1ccc(/C(C)=N\NC(=O)CCn2nnc3ccccc32)cc1. The summed E-state index contributed by atoms with van der Waals surface area (Å²) in [7, 11) is 1.62. The Morgan fingerprint density at radius 2 is 1.96 bits per heavy atom. The fourth-order valence-corrected chi connectivity index (χ4v) is 2.39. The van der Waals surface area contributed by atoms with Crippen molar-refractivity contribution in [3.63, 3.8) is 0 Å². The van der Waals surface area contributed by atoms with Crippen LogP contribution in [-0.4, -0.2) is 33.7 Å². The first-order valence-corrected chi connectivity index (χ1v) is 7.93. The van der Waals surface area contributed by atoms with Gasteiger partial charge in [-0.25, -0.2) is 10.1 Å². The highest BCUT2D eigenvalue weighted by Crippen LogP contribution is 2.12. The number of carbonyl (C=O) groups is 1. The van der Waals surface area contributed by atoms with Gasteiger partial charge in [-0.05, 0) is 48.9 Å². The molecule has 0 saturated heterocycles. The lowest BCUT2D eigenvalue weighted by Gasteiger charge is -2.05. The molecule has 25 heavy (non-hydrogen) atoms. The number of amides is 1. The lowest BCUT2D eigenvalue weighted by atomic mass is 10.1. The van der Waals surface area contributed by atoms with Crippen molar-refractivity contribution in [1.82, 2.24) is 20.4 Å². The summed E-state index contributed by atoms with van der Waals surface area (Å²) in [6, 6.07) is 15.1. The maximum absolute atomic E-state index is 12.0. The van der Waals surface area contributed by atoms with Crippen molar-refractivity contribution < 1.29 is 9.53 Å². The van der Waals surface area contributed by atoms with E-state index in [0.29, 0.717) is 6.54 Å². The fourth-order valence-electron chi connectivity index (χ4n) is 2.39. The van der Waals surface area contributed by atoms with E-state index in [-0.39, 0.29) is 12.3 Å². The molecule has 0 saturated carbocycles. The molecule has 0 atom stereocenters. The Morgan fingerprint density at radius 3 is 2.72 bits per heavy atom. The number of ether oxygens (including phenoxy) is 1. The van der Waals surface area contributed by atoms with Gasteiger partial charge in [0.25, 0.3) is 0 Å². The quantitative estimate of drug-likeness (QED) is 0.553. The van der Waals surface area contributed by atoms with Crippen molar-refractivity contribution in [1.29, 1.82) is 0 Å². The third-order valence-electron chi connectivity index (χ3n) is 3.83. The molecule has 0 radical (unpaired) electrons. The summed E-state index contributed by atoms with van der Waals surface area (Å²) < 4.78 is 6.84. The predicted octanol–water partition coefficient (Wildman–Crippen LogP) is 2.37. The van der Waals surface area contributed by atoms with Gasteiger partial charge in [-0.1, -0.05) is 17.3 Å². The average Bonchev–Trinajstić information content (AvgIpc) is 3.07. The molecule has 7 nitrogen and oxygen atoms in total. The van der Waals surface area contributed by atoms with E-state index in [4.69, 9.17) is 4.74 Å². The minimum absolute atomic E-state index is 0.174. The topological polar surface area (TPSA) is 81.4 Å². The van der Waals surface area contributed by atoms with Crippen LogP contribution >= 0.6 is 0 Å². The third-order valence-corrected chi connectivity index (χ3v) is 3.83. The number of rotatable bonds is 6. The number of hydrazone groups is 1. The maximum Gasteiger partial charge on any atom is 0.241 e. The van der Waals surface area contributed by atoms with Crippen LogP contribution in [0.2, 0.25) is 0 Å². The van der Waals surface area contributed by atoms with Gasteiger partial charge < -0.3 is 4.74 Å². The molecule has 0 aliphatic rings. The lowest BCUT2D eigenvalue weighted by molar-refractivity contribution is -0.121. The Morgan fingerprint density at radius 1 is 1.20 bits per heavy atom. The second-order valence-electron chi connectivity index (χ2n) is 5.51. The van der Waals surface area contributed by atoms with Crippen molar-refractivity contribution in [2.45, 2.75) is 19.9 Å². The van der Waals surface area contributed by atoms with Gasteiger partial charge in [0.05, 0.1) is 24.9 Å². The Hall–Kier alpha value is -3.22. The van der Waals surface area contributed by atoms with Crippen molar-refractivity contribution in [3.05, 3.63) is 54.1 Å². The molecule has 0 bridgehead atoms. The van der Waals surface area contributed by atoms with Crippen LogP contribution < -0.4 is 10.2 Å². The Balaban J connectivity index is 1.56. The highest BCUT2D eigenvalue weighted by molar-refractivity contribution is 5.99. The van der Waals surface area contributed by atoms with E-state index < -0.39 is 0 Å². The Kier molecular flexibility index (Phi) is 5.03. The summed E-state index contributed by atoms with van der Waals surface area (Å²) in [5.74, 6) is 0.605. The van der Waals surface area contributed by atoms with E-state index in [0.717, 1.165) is 28.1 Å². The van der Waals surface area contributed by atoms with Crippen LogP contribution in [0.15, 0.2) is 53.6 Å². The van der Waals surface area contributed by atoms with Crippen molar-refractivity contribution in [3.8, 4) is 5.75 Å². The molecule has 7 heteroatoms. The molecule has 3 rings (SSSR count). The summed E-state index contributed by atoms with van der Waals surface area (Å²) in [6.07, 6.45) is 0.271. The second-order valence-corrected chi connectivity index (χ2v) is 5.51. The molecule has 0 aliphatic carbocycles. The summed E-state index contributed by atoms with van der Waals surface area (Å²) in [5, 5.41) is 12.3. The molecule has 0 spiro atoms. The third kappa shape index (κ3) is 4.00. The zero-order chi connectivity index (χ0) is 17.6. The van der Waals surface area contributed by atoms with E-state index in [2.05, 4.69) is 20.8 Å². The maximum atomic E-state index is 12.0. The molecule has 3 aromatic rings. The number of benzene rings is 2. The van der Waals surface area contributed by atoms with Crippen LogP contribution in [0.1, 0.15) is 18.9 Å². The van der Waals surface area contributed by atoms with E-state index in [1.807, 2.05) is 55.5 Å². The summed E-state index contributed by atoms with van der Waals surface area (Å²) >= 11 is 0. The fraction of sp³-hybridized carbons (Fsp3) is 0.222. The molecule has 0 unspecified atom stereocenters. The van der Waals surface area contributed by atoms with E-state index in [9.17, 15) is 4.79 Å². The first kappa shape index (κ1) is 16.6. The molecular weight excluding hydrogens is 318 g/mol. The highest BCUT2D eigenvalue weighted by atomic mass is 16.5. The zero-order valence-corrected chi connectivity index (χ0v) is 14.1. The van der Waals surface area contributed by atoms with Crippen LogP contribution in [0, 0.1) is 0 Å². The molecule has 0 aliphatic heterocycles. The monoisotopic (exact) mass is 337 g/mol. The minimum atomic E-state index is -0.174. The minimum Gasteiger partial charge on any atom is -0.497 e. The molecule has 2 aromatic carbocycles. The van der Waals surface area contributed by atoms with E-state index >= 15 is 0 Å². The van der Waals surface area contributed by atoms with Crippen LogP contribution in [0.4, 0.5) is 0 Å². The van der Waals surface area contributed by atoms with Gasteiger partial charge in [0.1, 0.15) is 11.3 Å². The van der Waals surface area contributed by atoms with E-state index in [1.165, 1.54) is 0 Å². The number of nitrogens with zero attached hydrogens (tertiary/aromatic N) is 4. The van der Waals surface area contributed by atoms with Gasteiger partial charge in [-0.3, -0.25) is 4.79 Å². The highest BCUT2D eigenvalue weighted by Gasteiger charge is 2.06. The van der Waals surface area contributed by atoms with Gasteiger partial charge >= 0.3 is 0 Å². The Labute approximate surface area is 145 Å². The van der Waals surface area contributed by atoms with Crippen molar-refractivity contribution in [2.24, 2.45) is 5.10 Å². The van der Waals surface area contributed by atoms with Crippen molar-refractivity contribution in [2.75, 3.05) is 7.11 Å². The number of fused-ring (bicyclic) bond motifs is 1. The molecule has 0 fully saturated rings. The second kappa shape index (κ2) is 7.57. The number of carbonyl (C=O) groups excluding carboxylic acids is 1. The molecule has 1 amide bonds. The van der Waals surface area contributed by atoms with E-state index in [1.54, 1.807) is 11.8 Å². The number of methoxy groups -OCH3 is 1. The van der Waals surface area contributed by atoms with Crippen LogP contribution in [0.25, 0.3) is 11.0 Å². The van der Waals surface area contributed by atoms with Gasteiger partial charge in [0.15, 0.2) is 0 Å². The summed E-state index contributed by atoms with van der Waals surface area (Å²) in [6.45, 7) is 2.29. The Bertz CT molecular complexity index is 899. The molecular formula is C18H19N5O2. The van der Waals surface area contributed by atoms with Crippen LogP contribution in [-0.2, 0) is 11.3 Å². The number of nitrogens with one attached hydrogen (secondary N) is 1. The molecule has 1 heterocycles. The standard InChI is InChI=1S/C18H19N5O2/c1-13(14-7-9-15(25-2)10-8-14)19-21-18(24)11-12-23-17-6-4-3-5-16(17)20-22-23/h3-10H,11-12H2,1-2H3,(H,21,24)/b19-13-. The molecule has 1 aromatic heterocycles. The van der Waals surface area contributed by atoms with Gasteiger partial charge in [0.2, 0.25) is 5.91 Å². The smallest absolute Gasteiger partial charge is 0.241 e. The lowest BCUT2D eigenvalue weighted by Crippen LogP contribution is -2.21. The number of hydrogen-bond acceptors (Lipinski definition) is 5. The molecule has 1 N–H and O–H groups in total. The van der Waals surface area contributed by atoms with Gasteiger partial charge in [-0.15, -0.1) is 5.10 Å². The molecule has 128 valence electrons. The zero-order valence-electron chi connectivity index (χ0n) is 14.1. The predicted molar refractivity (Wildman–Crippen MR) is 95.5 cm³/mol. The van der Waals surface area contributed by atoms with Crippen LogP contribution in [0.5, 0.6) is 5.75 Å². The van der Waals surface area contributed by atoms with Gasteiger partial charge in [-0.2, -0.15) is 5.10 Å².